The number of benzene rings is 1. The summed E-state index contributed by atoms with van der Waals surface area (Å²) in [6.07, 6.45) is 3.27. The topological polar surface area (TPSA) is 93.3 Å². The number of rotatable bonds is 5. The van der Waals surface area contributed by atoms with Crippen LogP contribution < -0.4 is 0 Å². The van der Waals surface area contributed by atoms with Crippen LogP contribution in [-0.2, 0) is 16.3 Å². The fourth-order valence-electron chi connectivity index (χ4n) is 2.60. The van der Waals surface area contributed by atoms with Crippen molar-refractivity contribution in [1.82, 2.24) is 10.1 Å². The van der Waals surface area contributed by atoms with E-state index >= 15 is 0 Å². The number of sulfone groups is 1. The second kappa shape index (κ2) is 5.65. The van der Waals surface area contributed by atoms with Crippen molar-refractivity contribution in [2.24, 2.45) is 5.41 Å². The Morgan fingerprint density at radius 2 is 2.04 bits per heavy atom. The van der Waals surface area contributed by atoms with E-state index in [4.69, 9.17) is 27.7 Å². The van der Waals surface area contributed by atoms with Gasteiger partial charge < -0.3 is 9.63 Å². The summed E-state index contributed by atoms with van der Waals surface area (Å²) in [4.78, 5) is 4.23. The van der Waals surface area contributed by atoms with Gasteiger partial charge in [-0.1, -0.05) is 28.4 Å². The minimum absolute atomic E-state index is 0.0861. The first-order valence-electron chi connectivity index (χ1n) is 6.86. The summed E-state index contributed by atoms with van der Waals surface area (Å²) in [5, 5.41) is 14.3. The van der Waals surface area contributed by atoms with Gasteiger partial charge >= 0.3 is 0 Å². The molecule has 3 rings (SSSR count). The first-order chi connectivity index (χ1) is 10.7. The van der Waals surface area contributed by atoms with Gasteiger partial charge in [-0.2, -0.15) is 4.98 Å². The molecule has 1 N–H and O–H groups in total. The molecule has 0 atom stereocenters. The Hall–Kier alpha value is -1.31. The van der Waals surface area contributed by atoms with Crippen LogP contribution in [0, 0.1) is 5.41 Å². The van der Waals surface area contributed by atoms with E-state index in [-0.39, 0.29) is 33.4 Å². The molecule has 0 unspecified atom stereocenters. The van der Waals surface area contributed by atoms with Crippen molar-refractivity contribution in [2.45, 2.75) is 19.3 Å². The lowest BCUT2D eigenvalue weighted by Gasteiger charge is -2.10. The number of hydrogen-bond donors (Lipinski definition) is 1. The highest BCUT2D eigenvalue weighted by atomic mass is 35.5. The van der Waals surface area contributed by atoms with Gasteiger partial charge in [-0.15, -0.1) is 0 Å². The van der Waals surface area contributed by atoms with Crippen molar-refractivity contribution in [3.63, 3.8) is 0 Å². The second-order valence-corrected chi connectivity index (χ2v) is 9.03. The van der Waals surface area contributed by atoms with Crippen LogP contribution in [0.15, 0.2) is 16.7 Å². The smallest absolute Gasteiger partial charge is 0.261 e. The summed E-state index contributed by atoms with van der Waals surface area (Å²) in [5.41, 5.74) is -0.0582. The first-order valence-corrected chi connectivity index (χ1v) is 9.68. The average Bonchev–Trinajstić information content (AvgIpc) is 2.98. The molecule has 6 nitrogen and oxygen atoms in total. The van der Waals surface area contributed by atoms with Crippen LogP contribution in [0.3, 0.4) is 0 Å². The van der Waals surface area contributed by atoms with E-state index in [9.17, 15) is 13.5 Å². The SMILES string of the molecule is CS(=O)(=O)CC1(Cc2noc(-c3cc(Cl)cc(Cl)c3O)n2)CC1. The fourth-order valence-corrected chi connectivity index (χ4v) is 4.60. The Kier molecular flexibility index (Phi) is 4.06. The quantitative estimate of drug-likeness (QED) is 0.861. The molecule has 2 aromatic rings. The molecule has 1 aliphatic rings. The Morgan fingerprint density at radius 1 is 1.35 bits per heavy atom. The minimum Gasteiger partial charge on any atom is -0.506 e. The van der Waals surface area contributed by atoms with E-state index in [1.807, 2.05) is 0 Å². The molecule has 0 saturated heterocycles. The van der Waals surface area contributed by atoms with E-state index in [2.05, 4.69) is 10.1 Å². The number of phenols is 1. The molecule has 1 saturated carbocycles. The van der Waals surface area contributed by atoms with Gasteiger partial charge in [0.2, 0.25) is 0 Å². The molecule has 23 heavy (non-hydrogen) atoms. The van der Waals surface area contributed by atoms with Crippen LogP contribution in [0.1, 0.15) is 18.7 Å². The third-order valence-electron chi connectivity index (χ3n) is 3.79. The molecule has 1 aliphatic carbocycles. The van der Waals surface area contributed by atoms with Crippen LogP contribution in [0.5, 0.6) is 5.75 Å². The highest BCUT2D eigenvalue weighted by molar-refractivity contribution is 7.90. The van der Waals surface area contributed by atoms with Gasteiger partial charge in [-0.05, 0) is 30.4 Å². The van der Waals surface area contributed by atoms with Crippen molar-refractivity contribution in [2.75, 3.05) is 12.0 Å². The van der Waals surface area contributed by atoms with Gasteiger partial charge in [0.15, 0.2) is 5.82 Å². The predicted molar refractivity (Wildman–Crippen MR) is 86.5 cm³/mol. The molecular formula is C14H14Cl2N2O4S. The van der Waals surface area contributed by atoms with Gasteiger partial charge in [0.25, 0.3) is 5.89 Å². The fraction of sp³-hybridized carbons (Fsp3) is 0.429. The number of aromatic hydroxyl groups is 1. The van der Waals surface area contributed by atoms with Crippen LogP contribution >= 0.6 is 23.2 Å². The molecule has 1 aromatic carbocycles. The molecule has 1 heterocycles. The number of aromatic nitrogens is 2. The van der Waals surface area contributed by atoms with Gasteiger partial charge in [-0.3, -0.25) is 0 Å². The van der Waals surface area contributed by atoms with Gasteiger partial charge in [0, 0.05) is 17.7 Å². The average molecular weight is 377 g/mol. The van der Waals surface area contributed by atoms with E-state index in [0.29, 0.717) is 17.3 Å². The van der Waals surface area contributed by atoms with E-state index < -0.39 is 9.84 Å². The van der Waals surface area contributed by atoms with Crippen molar-refractivity contribution < 1.29 is 18.0 Å². The second-order valence-electron chi connectivity index (χ2n) is 6.05. The lowest BCUT2D eigenvalue weighted by atomic mass is 10.1. The molecule has 124 valence electrons. The summed E-state index contributed by atoms with van der Waals surface area (Å²) >= 11 is 11.8. The summed E-state index contributed by atoms with van der Waals surface area (Å²) in [7, 11) is -3.06. The maximum Gasteiger partial charge on any atom is 0.261 e. The summed E-state index contributed by atoms with van der Waals surface area (Å²) < 4.78 is 28.2. The molecule has 0 aliphatic heterocycles. The maximum absolute atomic E-state index is 11.5. The lowest BCUT2D eigenvalue weighted by molar-refractivity contribution is 0.409. The monoisotopic (exact) mass is 376 g/mol. The van der Waals surface area contributed by atoms with Gasteiger partial charge in [-0.25, -0.2) is 8.42 Å². The Bertz CT molecular complexity index is 860. The molecule has 9 heteroatoms. The predicted octanol–water partition coefficient (Wildman–Crippen LogP) is 3.12. The van der Waals surface area contributed by atoms with E-state index in [0.717, 1.165) is 12.8 Å². The third kappa shape index (κ3) is 3.79. The van der Waals surface area contributed by atoms with Crippen LogP contribution in [0.25, 0.3) is 11.5 Å². The first kappa shape index (κ1) is 16.5. The highest BCUT2D eigenvalue weighted by Gasteiger charge is 2.46. The maximum atomic E-state index is 11.5. The van der Waals surface area contributed by atoms with Crippen LogP contribution in [0.4, 0.5) is 0 Å². The van der Waals surface area contributed by atoms with E-state index in [1.165, 1.54) is 18.4 Å². The minimum atomic E-state index is -3.06. The van der Waals surface area contributed by atoms with Crippen LogP contribution in [0.2, 0.25) is 10.0 Å². The zero-order valence-corrected chi connectivity index (χ0v) is 14.5. The van der Waals surface area contributed by atoms with Crippen molar-refractivity contribution in [1.29, 1.82) is 0 Å². The van der Waals surface area contributed by atoms with Crippen LogP contribution in [-0.4, -0.2) is 35.7 Å². The van der Waals surface area contributed by atoms with Gasteiger partial charge in [0.1, 0.15) is 15.6 Å². The summed E-state index contributed by atoms with van der Waals surface area (Å²) in [6.45, 7) is 0. The Labute approximate surface area is 143 Å². The third-order valence-corrected chi connectivity index (χ3v) is 5.43. The standard InChI is InChI=1S/C14H14Cl2N2O4S/c1-23(20,21)7-14(2-3-14)6-11-17-13(22-18-11)9-4-8(15)5-10(16)12(9)19/h4-5,19H,2-3,6-7H2,1H3. The number of halogens is 2. The molecule has 1 fully saturated rings. The summed E-state index contributed by atoms with van der Waals surface area (Å²) in [6, 6.07) is 2.88. The normalized spacial score (nSPS) is 16.5. The number of phenolic OH excluding ortho intramolecular Hbond substituents is 1. The molecular weight excluding hydrogens is 363 g/mol. The number of hydrogen-bond acceptors (Lipinski definition) is 6. The molecule has 0 spiro atoms. The summed E-state index contributed by atoms with van der Waals surface area (Å²) in [5.74, 6) is 0.412. The van der Waals surface area contributed by atoms with Crippen molar-refractivity contribution in [3.8, 4) is 17.2 Å². The Balaban J connectivity index is 1.85. The zero-order valence-electron chi connectivity index (χ0n) is 12.2. The highest BCUT2D eigenvalue weighted by Crippen LogP contribution is 2.49. The van der Waals surface area contributed by atoms with Gasteiger partial charge in [0.05, 0.1) is 16.3 Å². The van der Waals surface area contributed by atoms with Crippen molar-refractivity contribution in [3.05, 3.63) is 28.0 Å². The number of nitrogens with zero attached hydrogens (tertiary/aromatic N) is 2. The largest absolute Gasteiger partial charge is 0.506 e. The molecule has 1 aromatic heterocycles. The molecule has 0 radical (unpaired) electrons. The van der Waals surface area contributed by atoms with E-state index in [1.54, 1.807) is 0 Å². The molecule has 0 bridgehead atoms. The molecule has 0 amide bonds. The van der Waals surface area contributed by atoms with Crippen molar-refractivity contribution >= 4 is 33.0 Å². The Morgan fingerprint density at radius 3 is 2.65 bits per heavy atom. The zero-order chi connectivity index (χ0) is 16.8. The lowest BCUT2D eigenvalue weighted by Crippen LogP contribution is -2.18.